The van der Waals surface area contributed by atoms with Crippen molar-refractivity contribution in [3.05, 3.63) is 0 Å². The van der Waals surface area contributed by atoms with Crippen LogP contribution in [0.5, 0.6) is 0 Å². The van der Waals surface area contributed by atoms with Gasteiger partial charge in [0.15, 0.2) is 0 Å². The Labute approximate surface area is 47.3 Å². The Balaban J connectivity index is 2.72. The first-order valence-corrected chi connectivity index (χ1v) is 7.41. The van der Waals surface area contributed by atoms with Crippen LogP contribution in [0, 0.1) is 0 Å². The number of halogens is 1. The lowest BCUT2D eigenvalue weighted by atomic mass is 11.9. The van der Waals surface area contributed by atoms with Crippen LogP contribution in [0.15, 0.2) is 0 Å². The fraction of sp³-hybridized carbons (Fsp3) is 1.00. The van der Waals surface area contributed by atoms with E-state index in [0.29, 0.717) is 0 Å². The summed E-state index contributed by atoms with van der Waals surface area (Å²) < 4.78 is 10.3. The zero-order valence-corrected chi connectivity index (χ0v) is 6.22. The molecule has 32 valence electrons. The van der Waals surface area contributed by atoms with Gasteiger partial charge in [-0.3, -0.25) is 4.21 Å². The minimum absolute atomic E-state index is 0.910. The first-order valence-electron chi connectivity index (χ1n) is 1.14. The van der Waals surface area contributed by atoms with E-state index in [-0.39, 0.29) is 0 Å². The van der Waals surface area contributed by atoms with Crippen molar-refractivity contribution < 1.29 is 4.21 Å². The van der Waals surface area contributed by atoms with Crippen LogP contribution in [-0.4, -0.2) is 9.29 Å². The molecule has 0 bridgehead atoms. The van der Waals surface area contributed by atoms with Gasteiger partial charge >= 0.3 is 0 Å². The van der Waals surface area contributed by atoms with Crippen molar-refractivity contribution in [2.75, 3.05) is 5.08 Å². The molecular formula is CH3IOS2. The van der Waals surface area contributed by atoms with Gasteiger partial charge in [0, 0.05) is 21.2 Å². The van der Waals surface area contributed by atoms with E-state index >= 15 is 0 Å². The largest absolute Gasteiger partial charge is 0.265 e. The van der Waals surface area contributed by atoms with Crippen LogP contribution in [0.2, 0.25) is 0 Å². The van der Waals surface area contributed by atoms with E-state index in [1.54, 1.807) is 10.8 Å². The maximum atomic E-state index is 10.3. The lowest BCUT2D eigenvalue weighted by molar-refractivity contribution is 0.695. The number of hydrogen-bond donors (Lipinski definition) is 1. The molecule has 0 unspecified atom stereocenters. The summed E-state index contributed by atoms with van der Waals surface area (Å²) in [4.78, 5) is 0. The van der Waals surface area contributed by atoms with Crippen LogP contribution >= 0.6 is 32.0 Å². The SMILES string of the molecule is O=[SH]1(I)CS1. The standard InChI is InChI=1S/CH3IOS2/c2-5(3)1-4-5/h5H,1H2. The molecular weight excluding hydrogens is 219 g/mol. The molecule has 1 aliphatic heterocycles. The van der Waals surface area contributed by atoms with E-state index in [2.05, 4.69) is 0 Å². The van der Waals surface area contributed by atoms with Gasteiger partial charge in [-0.2, -0.15) is 0 Å². The highest BCUT2D eigenvalue weighted by molar-refractivity contribution is 14.2. The molecule has 0 saturated carbocycles. The number of rotatable bonds is 0. The van der Waals surface area contributed by atoms with Crippen LogP contribution in [0.1, 0.15) is 0 Å². The quantitative estimate of drug-likeness (QED) is 0.216. The van der Waals surface area contributed by atoms with Crippen LogP contribution < -0.4 is 0 Å². The van der Waals surface area contributed by atoms with Crippen molar-refractivity contribution in [1.29, 1.82) is 0 Å². The number of hydrogen-bond acceptors (Lipinski definition) is 2. The van der Waals surface area contributed by atoms with E-state index in [1.165, 1.54) is 0 Å². The summed E-state index contributed by atoms with van der Waals surface area (Å²) in [6, 6.07) is 0. The molecule has 0 aromatic rings. The average Bonchev–Trinajstić information content (AvgIpc) is 1.76. The average molecular weight is 222 g/mol. The normalized spacial score (nSPS) is 36.2. The van der Waals surface area contributed by atoms with Crippen LogP contribution in [-0.2, 0) is 6.14 Å². The highest BCUT2D eigenvalue weighted by Gasteiger charge is 2.25. The third-order valence-electron chi connectivity index (χ3n) is 0.332. The number of thiol groups is 1. The first kappa shape index (κ1) is 4.39. The molecule has 0 atom stereocenters. The Morgan fingerprint density at radius 1 is 2.00 bits per heavy atom. The van der Waals surface area contributed by atoms with Gasteiger partial charge in [0.1, 0.15) is 0 Å². The van der Waals surface area contributed by atoms with Crippen molar-refractivity contribution in [3.8, 4) is 0 Å². The van der Waals surface area contributed by atoms with E-state index < -0.39 is 6.14 Å². The molecule has 1 fully saturated rings. The van der Waals surface area contributed by atoms with E-state index in [1.807, 2.05) is 21.2 Å². The predicted octanol–water partition coefficient (Wildman–Crippen LogP) is 0.972. The Morgan fingerprint density at radius 2 is 2.20 bits per heavy atom. The zero-order valence-electron chi connectivity index (χ0n) is 2.35. The van der Waals surface area contributed by atoms with Crippen molar-refractivity contribution in [1.82, 2.24) is 0 Å². The Kier molecular flexibility index (Phi) is 0.965. The molecule has 1 aliphatic rings. The van der Waals surface area contributed by atoms with E-state index in [4.69, 9.17) is 0 Å². The van der Waals surface area contributed by atoms with Gasteiger partial charge in [0.2, 0.25) is 0 Å². The maximum Gasteiger partial charge on any atom is 0.0753 e. The molecule has 4 heteroatoms. The molecule has 1 heterocycles. The molecule has 1 rings (SSSR count). The molecule has 0 aromatic carbocycles. The highest BCUT2D eigenvalue weighted by atomic mass is 127. The second kappa shape index (κ2) is 1.10. The van der Waals surface area contributed by atoms with Crippen molar-refractivity contribution in [3.63, 3.8) is 0 Å². The topological polar surface area (TPSA) is 17.1 Å². The van der Waals surface area contributed by atoms with Crippen LogP contribution in [0.3, 0.4) is 0 Å². The first-order chi connectivity index (χ1) is 2.21. The molecule has 0 N–H and O–H groups in total. The smallest absolute Gasteiger partial charge is 0.0753 e. The molecule has 0 amide bonds. The summed E-state index contributed by atoms with van der Waals surface area (Å²) in [6.07, 6.45) is -1.50. The third kappa shape index (κ3) is 1.41. The minimum Gasteiger partial charge on any atom is -0.265 e. The fourth-order valence-electron chi connectivity index (χ4n) is 0.0454. The van der Waals surface area contributed by atoms with Crippen LogP contribution in [0.4, 0.5) is 0 Å². The molecule has 0 spiro atoms. The van der Waals surface area contributed by atoms with Crippen LogP contribution in [0.25, 0.3) is 0 Å². The van der Waals surface area contributed by atoms with E-state index in [0.717, 1.165) is 5.08 Å². The van der Waals surface area contributed by atoms with Gasteiger partial charge in [-0.15, -0.1) is 0 Å². The summed E-state index contributed by atoms with van der Waals surface area (Å²) in [7, 11) is 1.57. The highest BCUT2D eigenvalue weighted by Crippen LogP contribution is 2.48. The zero-order chi connectivity index (χ0) is 3.91. The molecule has 1 nitrogen and oxygen atoms in total. The van der Waals surface area contributed by atoms with Crippen molar-refractivity contribution >= 4 is 38.1 Å². The Bertz CT molecular complexity index is 81.6. The minimum atomic E-state index is -1.50. The molecule has 5 heavy (non-hydrogen) atoms. The van der Waals surface area contributed by atoms with Crippen molar-refractivity contribution in [2.24, 2.45) is 0 Å². The van der Waals surface area contributed by atoms with Gasteiger partial charge in [-0.1, -0.05) is 10.8 Å². The summed E-state index contributed by atoms with van der Waals surface area (Å²) in [5.41, 5.74) is 0. The third-order valence-corrected chi connectivity index (χ3v) is 8.00. The second-order valence-corrected chi connectivity index (χ2v) is 12.5. The van der Waals surface area contributed by atoms with Gasteiger partial charge in [0.05, 0.1) is 5.08 Å². The molecule has 0 aromatic heterocycles. The molecule has 1 saturated heterocycles. The lowest BCUT2D eigenvalue weighted by Gasteiger charge is -1.69. The summed E-state index contributed by atoms with van der Waals surface area (Å²) in [5, 5.41) is 0.910. The monoisotopic (exact) mass is 222 g/mol. The van der Waals surface area contributed by atoms with Crippen molar-refractivity contribution in [2.45, 2.75) is 0 Å². The van der Waals surface area contributed by atoms with E-state index in [9.17, 15) is 4.21 Å². The van der Waals surface area contributed by atoms with Gasteiger partial charge in [-0.25, -0.2) is 0 Å². The summed E-state index contributed by atoms with van der Waals surface area (Å²) >= 11 is 2.01. The van der Waals surface area contributed by atoms with Gasteiger partial charge in [0.25, 0.3) is 0 Å². The lowest BCUT2D eigenvalue weighted by Crippen LogP contribution is -1.58. The summed E-state index contributed by atoms with van der Waals surface area (Å²) in [6.45, 7) is 0. The Morgan fingerprint density at radius 3 is 2.20 bits per heavy atom. The summed E-state index contributed by atoms with van der Waals surface area (Å²) in [5.74, 6) is 0. The predicted molar refractivity (Wildman–Crippen MR) is 36.0 cm³/mol. The molecule has 0 aliphatic carbocycles. The van der Waals surface area contributed by atoms with Gasteiger partial charge < -0.3 is 0 Å². The Hall–Kier alpha value is 1.23. The maximum absolute atomic E-state index is 10.3. The van der Waals surface area contributed by atoms with Gasteiger partial charge in [-0.05, 0) is 6.14 Å². The fourth-order valence-corrected chi connectivity index (χ4v) is 4.59. The second-order valence-electron chi connectivity index (χ2n) is 0.848. The molecule has 0 radical (unpaired) electrons.